The Hall–Kier alpha value is -1.84. The average molecular weight is 402 g/mol. The molecule has 1 aliphatic rings. The van der Waals surface area contributed by atoms with Crippen LogP contribution in [0.25, 0.3) is 11.0 Å². The summed E-state index contributed by atoms with van der Waals surface area (Å²) in [6, 6.07) is 2.54. The van der Waals surface area contributed by atoms with E-state index in [1.165, 1.54) is 12.1 Å². The van der Waals surface area contributed by atoms with Gasteiger partial charge >= 0.3 is 0 Å². The topological polar surface area (TPSA) is 99.8 Å². The molecule has 1 aromatic heterocycles. The number of rotatable bonds is 5. The molecule has 1 unspecified atom stereocenters. The number of nitrogens with one attached hydrogen (secondary N) is 1. The minimum atomic E-state index is -1.46. The van der Waals surface area contributed by atoms with Crippen LogP contribution in [0.15, 0.2) is 21.8 Å². The summed E-state index contributed by atoms with van der Waals surface area (Å²) in [5.74, 6) is -0.875. The maximum absolute atomic E-state index is 14.3. The van der Waals surface area contributed by atoms with Gasteiger partial charge in [0.15, 0.2) is 11.3 Å². The van der Waals surface area contributed by atoms with Gasteiger partial charge in [0.05, 0.1) is 17.5 Å². The zero-order chi connectivity index (χ0) is 18.9. The van der Waals surface area contributed by atoms with E-state index in [1.54, 1.807) is 0 Å². The lowest BCUT2D eigenvalue weighted by atomic mass is 10.1. The summed E-state index contributed by atoms with van der Waals surface area (Å²) >= 11 is 4.03. The highest BCUT2D eigenvalue weighted by molar-refractivity contribution is 8.05. The Morgan fingerprint density at radius 2 is 2.27 bits per heavy atom. The van der Waals surface area contributed by atoms with E-state index < -0.39 is 28.5 Å². The van der Waals surface area contributed by atoms with Gasteiger partial charge in [-0.25, -0.2) is 4.39 Å². The van der Waals surface area contributed by atoms with E-state index in [9.17, 15) is 13.7 Å². The van der Waals surface area contributed by atoms with Gasteiger partial charge in [-0.3, -0.25) is 4.79 Å². The van der Waals surface area contributed by atoms with Crippen LogP contribution in [-0.4, -0.2) is 32.1 Å². The second-order valence-corrected chi connectivity index (χ2v) is 8.28. The molecule has 10 heteroatoms. The minimum Gasteiger partial charge on any atom is -0.610 e. The molecule has 0 fully saturated rings. The van der Waals surface area contributed by atoms with E-state index >= 15 is 0 Å². The molecule has 0 aliphatic carbocycles. The average Bonchev–Trinajstić information content (AvgIpc) is 3.11. The Morgan fingerprint density at radius 1 is 1.50 bits per heavy atom. The molecule has 3 rings (SSSR count). The van der Waals surface area contributed by atoms with E-state index in [2.05, 4.69) is 15.6 Å². The van der Waals surface area contributed by atoms with Crippen molar-refractivity contribution in [1.29, 1.82) is 0 Å². The molecule has 2 aromatic rings. The van der Waals surface area contributed by atoms with Crippen LogP contribution in [0.1, 0.15) is 32.4 Å². The van der Waals surface area contributed by atoms with Gasteiger partial charge in [0, 0.05) is 29.5 Å². The van der Waals surface area contributed by atoms with Crippen molar-refractivity contribution in [3.63, 3.8) is 0 Å². The summed E-state index contributed by atoms with van der Waals surface area (Å²) in [7, 11) is 0. The van der Waals surface area contributed by atoms with Gasteiger partial charge in [0.25, 0.3) is 5.04 Å². The van der Waals surface area contributed by atoms with Crippen molar-refractivity contribution in [3.05, 3.63) is 23.6 Å². The van der Waals surface area contributed by atoms with Gasteiger partial charge in [-0.1, -0.05) is 5.16 Å². The van der Waals surface area contributed by atoms with Crippen molar-refractivity contribution >= 4 is 50.4 Å². The quantitative estimate of drug-likeness (QED) is 0.612. The maximum Gasteiger partial charge on any atom is 0.259 e. The summed E-state index contributed by atoms with van der Waals surface area (Å²) in [5, 5.41) is 11.0. The molecule has 1 N–H and O–H groups in total. The zero-order valence-corrected chi connectivity index (χ0v) is 15.7. The van der Waals surface area contributed by atoms with E-state index in [1.807, 2.05) is 13.8 Å². The third kappa shape index (κ3) is 4.11. The first-order valence-electron chi connectivity index (χ1n) is 7.86. The Bertz CT molecular complexity index is 871. The number of hydrogen-bond acceptors (Lipinski definition) is 6. The van der Waals surface area contributed by atoms with Gasteiger partial charge in [-0.2, -0.15) is 0 Å². The Morgan fingerprint density at radius 3 is 2.92 bits per heavy atom. The predicted molar refractivity (Wildman–Crippen MR) is 97.0 cm³/mol. The third-order valence-corrected chi connectivity index (χ3v) is 5.20. The highest BCUT2D eigenvalue weighted by Gasteiger charge is 2.36. The van der Waals surface area contributed by atoms with Crippen LogP contribution in [0.4, 0.5) is 10.1 Å². The summed E-state index contributed by atoms with van der Waals surface area (Å²) in [5.41, 5.74) is 0.124. The van der Waals surface area contributed by atoms with Crippen LogP contribution in [0.2, 0.25) is 0 Å². The smallest absolute Gasteiger partial charge is 0.259 e. The molecule has 0 radical (unpaired) electrons. The first-order chi connectivity index (χ1) is 12.3. The highest BCUT2D eigenvalue weighted by atomic mass is 35.5. The first-order valence-corrected chi connectivity index (χ1v) is 9.71. The summed E-state index contributed by atoms with van der Waals surface area (Å²) in [6.07, 6.45) is 0.515. The summed E-state index contributed by atoms with van der Waals surface area (Å²) in [4.78, 5) is 16.8. The predicted octanol–water partition coefficient (Wildman–Crippen LogP) is 3.30. The lowest BCUT2D eigenvalue weighted by Gasteiger charge is -2.13. The van der Waals surface area contributed by atoms with E-state index in [0.717, 1.165) is 0 Å². The van der Waals surface area contributed by atoms with Crippen molar-refractivity contribution in [2.75, 3.05) is 11.2 Å². The van der Waals surface area contributed by atoms with E-state index in [4.69, 9.17) is 21.0 Å². The number of fused-ring (bicyclic) bond motifs is 1. The number of halogens is 2. The molecule has 1 amide bonds. The number of carbonyl (C=O) groups is 1. The lowest BCUT2D eigenvalue weighted by Crippen LogP contribution is -2.23. The molecule has 140 valence electrons. The normalized spacial score (nSPS) is 17.0. The first kappa shape index (κ1) is 18.9. The van der Waals surface area contributed by atoms with Crippen LogP contribution in [-0.2, 0) is 26.6 Å². The van der Waals surface area contributed by atoms with Gasteiger partial charge in [0.2, 0.25) is 5.91 Å². The van der Waals surface area contributed by atoms with Crippen LogP contribution in [0.3, 0.4) is 0 Å². The van der Waals surface area contributed by atoms with Crippen LogP contribution in [0, 0.1) is 5.82 Å². The third-order valence-electron chi connectivity index (χ3n) is 3.73. The molecule has 1 aliphatic heterocycles. The number of aromatic nitrogens is 1. The highest BCUT2D eigenvalue weighted by Crippen LogP contribution is 2.29. The molecule has 7 nitrogen and oxygen atoms in total. The fraction of sp³-hybridized carbons (Fsp3) is 0.438. The molecule has 0 bridgehead atoms. The van der Waals surface area contributed by atoms with Crippen molar-refractivity contribution in [2.24, 2.45) is 5.16 Å². The van der Waals surface area contributed by atoms with Crippen molar-refractivity contribution in [2.45, 2.75) is 38.0 Å². The number of carbonyl (C=O) groups excluding carboxylic acids is 1. The number of amides is 1. The second kappa shape index (κ2) is 7.42. The number of alkyl halides is 1. The van der Waals surface area contributed by atoms with Gasteiger partial charge in [0.1, 0.15) is 17.1 Å². The van der Waals surface area contributed by atoms with Crippen molar-refractivity contribution < 1.29 is 23.1 Å². The Labute approximate surface area is 157 Å². The molecule has 0 saturated carbocycles. The molecule has 0 spiro atoms. The molecular weight excluding hydrogens is 385 g/mol. The number of hydrogen-bond donors (Lipinski definition) is 1. The van der Waals surface area contributed by atoms with Crippen molar-refractivity contribution in [1.82, 2.24) is 5.16 Å². The number of oxime groups is 1. The second-order valence-electron chi connectivity index (χ2n) is 6.45. The van der Waals surface area contributed by atoms with Crippen LogP contribution in [0.5, 0.6) is 0 Å². The zero-order valence-electron chi connectivity index (χ0n) is 14.2. The van der Waals surface area contributed by atoms with Gasteiger partial charge in [-0.15, -0.1) is 11.6 Å². The molecule has 1 aromatic carbocycles. The number of anilines is 1. The lowest BCUT2D eigenvalue weighted by molar-refractivity contribution is -0.115. The Kier molecular flexibility index (Phi) is 5.40. The molecular formula is C16H17ClFN3O4S. The van der Waals surface area contributed by atoms with Crippen LogP contribution < -0.4 is 5.32 Å². The molecule has 0 saturated heterocycles. The van der Waals surface area contributed by atoms with Gasteiger partial charge < -0.3 is 19.2 Å². The Balaban J connectivity index is 1.78. The number of nitrogens with zero attached hydrogens (tertiary/aromatic N) is 2. The minimum absolute atomic E-state index is 0.0215. The van der Waals surface area contributed by atoms with Gasteiger partial charge in [-0.05, 0) is 25.1 Å². The molecule has 2 heterocycles. The molecule has 26 heavy (non-hydrogen) atoms. The SMILES string of the molecule is CC1(C)CC([S+]([O-])Cc2noc3cc(NC(=O)CCCl)c(F)cc23)=NO1. The fourth-order valence-electron chi connectivity index (χ4n) is 2.44. The van der Waals surface area contributed by atoms with E-state index in [0.29, 0.717) is 22.5 Å². The van der Waals surface area contributed by atoms with Crippen LogP contribution >= 0.6 is 11.6 Å². The number of benzene rings is 1. The van der Waals surface area contributed by atoms with E-state index in [-0.39, 0.29) is 29.3 Å². The maximum atomic E-state index is 14.3. The fourth-order valence-corrected chi connectivity index (χ4v) is 3.86. The van der Waals surface area contributed by atoms with Crippen molar-refractivity contribution in [3.8, 4) is 0 Å². The summed E-state index contributed by atoms with van der Waals surface area (Å²) < 4.78 is 31.9. The largest absolute Gasteiger partial charge is 0.610 e. The molecule has 1 atom stereocenters. The standard InChI is InChI=1S/C16H17ClFN3O4S/c1-16(2)7-15(21-25-16)26(23)8-12-9-5-10(18)11(6-13(9)24-20-12)19-14(22)3-4-17/h5-6H,3-4,7-8H2,1-2H3,(H,19,22). The summed E-state index contributed by atoms with van der Waals surface area (Å²) in [6.45, 7) is 3.70. The monoisotopic (exact) mass is 401 g/mol.